The molecule has 0 N–H and O–H groups in total. The van der Waals surface area contributed by atoms with E-state index in [1.54, 1.807) is 0 Å². The Morgan fingerprint density at radius 3 is 1.30 bits per heavy atom. The summed E-state index contributed by atoms with van der Waals surface area (Å²) >= 11 is 0. The van der Waals surface area contributed by atoms with Crippen molar-refractivity contribution in [3.63, 3.8) is 0 Å². The van der Waals surface area contributed by atoms with E-state index in [-0.39, 0.29) is 5.97 Å². The number of carbonyl (C=O) groups is 1. The van der Waals surface area contributed by atoms with Gasteiger partial charge in [-0.05, 0) is 57.3 Å². The summed E-state index contributed by atoms with van der Waals surface area (Å²) in [6.45, 7) is 7.50. The molecule has 44 heavy (non-hydrogen) atoms. The van der Waals surface area contributed by atoms with Gasteiger partial charge in [0.05, 0.1) is 6.61 Å². The SMILES string of the molecule is CCCCC/C=C\C/C=C\CCCCCCCC(=O)OCC(CCCCCCCCCC)CCCCCCCCCCCC. The molecule has 0 aliphatic rings. The fourth-order valence-electron chi connectivity index (χ4n) is 6.16. The fraction of sp³-hybridized carbons (Fsp3) is 0.881. The van der Waals surface area contributed by atoms with Crippen LogP contribution in [-0.4, -0.2) is 12.6 Å². The Labute approximate surface area is 278 Å². The maximum Gasteiger partial charge on any atom is 0.305 e. The summed E-state index contributed by atoms with van der Waals surface area (Å²) in [6, 6.07) is 0. The predicted molar refractivity (Wildman–Crippen MR) is 197 cm³/mol. The molecule has 0 amide bonds. The van der Waals surface area contributed by atoms with E-state index in [0.29, 0.717) is 18.9 Å². The van der Waals surface area contributed by atoms with E-state index >= 15 is 0 Å². The molecule has 260 valence electrons. The third-order valence-electron chi connectivity index (χ3n) is 9.24. The zero-order chi connectivity index (χ0) is 32.0. The summed E-state index contributed by atoms with van der Waals surface area (Å²) < 4.78 is 5.83. The summed E-state index contributed by atoms with van der Waals surface area (Å²) in [4.78, 5) is 12.5. The Morgan fingerprint density at radius 2 is 0.818 bits per heavy atom. The van der Waals surface area contributed by atoms with E-state index in [1.165, 1.54) is 180 Å². The van der Waals surface area contributed by atoms with E-state index in [9.17, 15) is 4.79 Å². The van der Waals surface area contributed by atoms with Crippen LogP contribution in [0, 0.1) is 5.92 Å². The van der Waals surface area contributed by atoms with Crippen molar-refractivity contribution < 1.29 is 9.53 Å². The van der Waals surface area contributed by atoms with E-state index < -0.39 is 0 Å². The second-order valence-electron chi connectivity index (χ2n) is 13.8. The molecule has 0 aliphatic heterocycles. The van der Waals surface area contributed by atoms with Crippen LogP contribution in [0.25, 0.3) is 0 Å². The van der Waals surface area contributed by atoms with Crippen LogP contribution in [0.4, 0.5) is 0 Å². The van der Waals surface area contributed by atoms with Gasteiger partial charge < -0.3 is 4.74 Å². The highest BCUT2D eigenvalue weighted by Crippen LogP contribution is 2.21. The topological polar surface area (TPSA) is 26.3 Å². The number of allylic oxidation sites excluding steroid dienone is 4. The molecule has 0 heterocycles. The lowest BCUT2D eigenvalue weighted by Gasteiger charge is -2.17. The van der Waals surface area contributed by atoms with E-state index in [4.69, 9.17) is 4.74 Å². The third kappa shape index (κ3) is 35.4. The maximum atomic E-state index is 12.5. The maximum absolute atomic E-state index is 12.5. The second kappa shape index (κ2) is 38.1. The molecule has 2 nitrogen and oxygen atoms in total. The number of ether oxygens (including phenoxy) is 1. The van der Waals surface area contributed by atoms with Crippen molar-refractivity contribution in [2.45, 2.75) is 226 Å². The molecular weight excluding hydrogens is 536 g/mol. The molecular formula is C42H80O2. The summed E-state index contributed by atoms with van der Waals surface area (Å²) in [5, 5.41) is 0. The van der Waals surface area contributed by atoms with Crippen molar-refractivity contribution in [3.05, 3.63) is 24.3 Å². The Balaban J connectivity index is 3.99. The van der Waals surface area contributed by atoms with Gasteiger partial charge in [-0.2, -0.15) is 0 Å². The number of carbonyl (C=O) groups excluding carboxylic acids is 1. The summed E-state index contributed by atoms with van der Waals surface area (Å²) in [5.41, 5.74) is 0. The van der Waals surface area contributed by atoms with Gasteiger partial charge in [-0.3, -0.25) is 4.79 Å². The van der Waals surface area contributed by atoms with Crippen LogP contribution in [0.3, 0.4) is 0 Å². The van der Waals surface area contributed by atoms with Gasteiger partial charge in [0.2, 0.25) is 0 Å². The molecule has 2 heteroatoms. The molecule has 0 saturated carbocycles. The van der Waals surface area contributed by atoms with Crippen molar-refractivity contribution in [2.75, 3.05) is 6.61 Å². The Hall–Kier alpha value is -1.05. The molecule has 0 fully saturated rings. The van der Waals surface area contributed by atoms with Crippen LogP contribution in [0.5, 0.6) is 0 Å². The quantitative estimate of drug-likeness (QED) is 0.0397. The zero-order valence-electron chi connectivity index (χ0n) is 30.5. The van der Waals surface area contributed by atoms with Gasteiger partial charge in [0.1, 0.15) is 0 Å². The van der Waals surface area contributed by atoms with Crippen molar-refractivity contribution in [1.29, 1.82) is 0 Å². The largest absolute Gasteiger partial charge is 0.465 e. The van der Waals surface area contributed by atoms with Crippen LogP contribution in [0.1, 0.15) is 226 Å². The summed E-state index contributed by atoms with van der Waals surface area (Å²) in [7, 11) is 0. The number of unbranched alkanes of at least 4 members (excludes halogenated alkanes) is 24. The number of rotatable bonds is 36. The highest BCUT2D eigenvalue weighted by atomic mass is 16.5. The predicted octanol–water partition coefficient (Wildman–Crippen LogP) is 14.8. The van der Waals surface area contributed by atoms with Crippen molar-refractivity contribution in [1.82, 2.24) is 0 Å². The fourth-order valence-corrected chi connectivity index (χ4v) is 6.16. The second-order valence-corrected chi connectivity index (χ2v) is 13.8. The van der Waals surface area contributed by atoms with Gasteiger partial charge in [0.15, 0.2) is 0 Å². The smallest absolute Gasteiger partial charge is 0.305 e. The van der Waals surface area contributed by atoms with Gasteiger partial charge in [-0.1, -0.05) is 193 Å². The van der Waals surface area contributed by atoms with Gasteiger partial charge in [0, 0.05) is 6.42 Å². The molecule has 0 rings (SSSR count). The minimum absolute atomic E-state index is 0.0414. The average molecular weight is 617 g/mol. The lowest BCUT2D eigenvalue weighted by Crippen LogP contribution is -2.14. The number of esters is 1. The zero-order valence-corrected chi connectivity index (χ0v) is 30.5. The van der Waals surface area contributed by atoms with Crippen LogP contribution in [0.2, 0.25) is 0 Å². The van der Waals surface area contributed by atoms with Gasteiger partial charge in [-0.15, -0.1) is 0 Å². The van der Waals surface area contributed by atoms with Crippen molar-refractivity contribution in [3.8, 4) is 0 Å². The molecule has 0 saturated heterocycles. The van der Waals surface area contributed by atoms with Crippen molar-refractivity contribution in [2.24, 2.45) is 5.92 Å². The molecule has 0 aliphatic carbocycles. The number of hydrogen-bond donors (Lipinski definition) is 0. The molecule has 0 bridgehead atoms. The minimum Gasteiger partial charge on any atom is -0.465 e. The first-order chi connectivity index (χ1) is 21.7. The Morgan fingerprint density at radius 1 is 0.455 bits per heavy atom. The molecule has 0 spiro atoms. The standard InChI is InChI=1S/C42H80O2/c1-4-7-10-13-16-19-21-22-23-24-25-27-30-33-36-39-42(43)44-40-41(37-34-31-28-18-15-12-9-6-3)38-35-32-29-26-20-17-14-11-8-5-2/h16,19,22-23,41H,4-15,17-18,20-21,24-40H2,1-3H3/b19-16-,23-22-. The van der Waals surface area contributed by atoms with Crippen LogP contribution in [-0.2, 0) is 9.53 Å². The summed E-state index contributed by atoms with van der Waals surface area (Å²) in [5.74, 6) is 0.609. The molecule has 0 aromatic carbocycles. The van der Waals surface area contributed by atoms with Gasteiger partial charge >= 0.3 is 5.97 Å². The first-order valence-corrected chi connectivity index (χ1v) is 20.2. The normalized spacial score (nSPS) is 12.5. The molecule has 0 aromatic heterocycles. The third-order valence-corrected chi connectivity index (χ3v) is 9.24. The number of hydrogen-bond acceptors (Lipinski definition) is 2. The lowest BCUT2D eigenvalue weighted by molar-refractivity contribution is -0.145. The van der Waals surface area contributed by atoms with E-state index in [0.717, 1.165) is 19.3 Å². The highest BCUT2D eigenvalue weighted by Gasteiger charge is 2.12. The van der Waals surface area contributed by atoms with Crippen LogP contribution >= 0.6 is 0 Å². The average Bonchev–Trinajstić information content (AvgIpc) is 3.03. The van der Waals surface area contributed by atoms with Gasteiger partial charge in [-0.25, -0.2) is 0 Å². The molecule has 0 aromatic rings. The molecule has 1 unspecified atom stereocenters. The first kappa shape index (κ1) is 43.0. The minimum atomic E-state index is 0.0414. The molecule has 0 radical (unpaired) electrons. The first-order valence-electron chi connectivity index (χ1n) is 20.2. The molecule has 1 atom stereocenters. The Kier molecular flexibility index (Phi) is 37.2. The monoisotopic (exact) mass is 617 g/mol. The van der Waals surface area contributed by atoms with E-state index in [2.05, 4.69) is 45.1 Å². The van der Waals surface area contributed by atoms with Crippen molar-refractivity contribution >= 4 is 5.97 Å². The Bertz CT molecular complexity index is 607. The van der Waals surface area contributed by atoms with Crippen LogP contribution < -0.4 is 0 Å². The lowest BCUT2D eigenvalue weighted by atomic mass is 9.94. The summed E-state index contributed by atoms with van der Waals surface area (Å²) in [6.07, 6.45) is 50.6. The highest BCUT2D eigenvalue weighted by molar-refractivity contribution is 5.69. The van der Waals surface area contributed by atoms with Gasteiger partial charge in [0.25, 0.3) is 0 Å². The van der Waals surface area contributed by atoms with Crippen LogP contribution in [0.15, 0.2) is 24.3 Å². The van der Waals surface area contributed by atoms with E-state index in [1.807, 2.05) is 0 Å².